The maximum absolute atomic E-state index is 11.8. The minimum absolute atomic E-state index is 0.0705. The van der Waals surface area contributed by atoms with E-state index in [2.05, 4.69) is 10.6 Å². The second kappa shape index (κ2) is 5.67. The van der Waals surface area contributed by atoms with Gasteiger partial charge in [-0.3, -0.25) is 4.79 Å². The molecule has 0 aromatic heterocycles. The van der Waals surface area contributed by atoms with Gasteiger partial charge in [-0.1, -0.05) is 12.1 Å². The Morgan fingerprint density at radius 2 is 1.89 bits per heavy atom. The van der Waals surface area contributed by atoms with Crippen LogP contribution in [0.1, 0.15) is 22.8 Å². The monoisotopic (exact) mass is 260 g/mol. The lowest BCUT2D eigenvalue weighted by Crippen LogP contribution is -2.37. The van der Waals surface area contributed by atoms with Gasteiger partial charge in [0.1, 0.15) is 0 Å². The van der Waals surface area contributed by atoms with E-state index in [0.29, 0.717) is 6.54 Å². The van der Waals surface area contributed by atoms with Crippen molar-refractivity contribution in [3.8, 4) is 0 Å². The molecule has 0 bridgehead atoms. The smallest absolute Gasteiger partial charge is 0.335 e. The summed E-state index contributed by atoms with van der Waals surface area (Å²) in [4.78, 5) is 22.5. The predicted octanol–water partition coefficient (Wildman–Crippen LogP) is 0.921. The van der Waals surface area contributed by atoms with Crippen molar-refractivity contribution >= 4 is 11.9 Å². The van der Waals surface area contributed by atoms with Gasteiger partial charge in [-0.05, 0) is 30.2 Å². The molecule has 0 spiro atoms. The molecular weight excluding hydrogens is 244 g/mol. The summed E-state index contributed by atoms with van der Waals surface area (Å²) in [6.45, 7) is 3.79. The summed E-state index contributed by atoms with van der Waals surface area (Å²) in [7, 11) is 0. The maximum Gasteiger partial charge on any atom is 0.335 e. The molecular formula is C14H16N2O3. The molecule has 5 nitrogen and oxygen atoms in total. The van der Waals surface area contributed by atoms with Crippen LogP contribution in [0.25, 0.3) is 0 Å². The van der Waals surface area contributed by atoms with Crippen LogP contribution < -0.4 is 10.6 Å². The van der Waals surface area contributed by atoms with Crippen molar-refractivity contribution in [2.45, 2.75) is 13.5 Å². The summed E-state index contributed by atoms with van der Waals surface area (Å²) in [5.74, 6) is -1.02. The van der Waals surface area contributed by atoms with E-state index in [0.717, 1.165) is 29.8 Å². The van der Waals surface area contributed by atoms with Crippen molar-refractivity contribution in [2.24, 2.45) is 0 Å². The lowest BCUT2D eigenvalue weighted by atomic mass is 10.0. The zero-order valence-corrected chi connectivity index (χ0v) is 10.7. The van der Waals surface area contributed by atoms with Gasteiger partial charge in [-0.25, -0.2) is 4.79 Å². The fraction of sp³-hybridized carbons (Fsp3) is 0.286. The van der Waals surface area contributed by atoms with Crippen molar-refractivity contribution in [3.63, 3.8) is 0 Å². The first-order chi connectivity index (χ1) is 9.08. The van der Waals surface area contributed by atoms with Crippen LogP contribution >= 0.6 is 0 Å². The first-order valence-corrected chi connectivity index (χ1v) is 6.07. The summed E-state index contributed by atoms with van der Waals surface area (Å²) < 4.78 is 0. The fourth-order valence-corrected chi connectivity index (χ4v) is 1.76. The second-order valence-electron chi connectivity index (χ2n) is 4.52. The number of benzene rings is 1. The average molecular weight is 260 g/mol. The summed E-state index contributed by atoms with van der Waals surface area (Å²) in [5, 5.41) is 14.7. The van der Waals surface area contributed by atoms with Crippen molar-refractivity contribution in [1.29, 1.82) is 0 Å². The van der Waals surface area contributed by atoms with Crippen molar-refractivity contribution in [3.05, 3.63) is 46.5 Å². The molecule has 5 heteroatoms. The van der Waals surface area contributed by atoms with E-state index in [-0.39, 0.29) is 11.5 Å². The Hall–Kier alpha value is -2.14. The average Bonchev–Trinajstić information content (AvgIpc) is 2.34. The minimum Gasteiger partial charge on any atom is -0.478 e. The summed E-state index contributed by atoms with van der Waals surface area (Å²) in [6, 6.07) is 6.48. The topological polar surface area (TPSA) is 78.4 Å². The summed E-state index contributed by atoms with van der Waals surface area (Å²) in [5.41, 5.74) is 3.02. The molecule has 1 aromatic rings. The quantitative estimate of drug-likeness (QED) is 0.703. The molecule has 1 amide bonds. The van der Waals surface area contributed by atoms with Gasteiger partial charge in [0.2, 0.25) is 5.91 Å². The van der Waals surface area contributed by atoms with E-state index >= 15 is 0 Å². The van der Waals surface area contributed by atoms with Crippen molar-refractivity contribution in [1.82, 2.24) is 10.6 Å². The molecule has 0 aliphatic carbocycles. The lowest BCUT2D eigenvalue weighted by molar-refractivity contribution is -0.117. The van der Waals surface area contributed by atoms with Crippen LogP contribution in [0.2, 0.25) is 0 Å². The molecule has 1 aliphatic heterocycles. The highest BCUT2D eigenvalue weighted by Crippen LogP contribution is 2.09. The molecule has 2 rings (SSSR count). The van der Waals surface area contributed by atoms with Crippen LogP contribution in [0, 0.1) is 0 Å². The number of hydrogen-bond acceptors (Lipinski definition) is 3. The van der Waals surface area contributed by atoms with Crippen molar-refractivity contribution in [2.75, 3.05) is 13.1 Å². The molecule has 1 fully saturated rings. The van der Waals surface area contributed by atoms with Crippen LogP contribution in [0.4, 0.5) is 0 Å². The SMILES string of the molecule is CC(C(=O)NCc1ccc(C(=O)O)cc1)=C1CNC1. The van der Waals surface area contributed by atoms with Gasteiger partial charge >= 0.3 is 5.97 Å². The van der Waals surface area contributed by atoms with Crippen LogP contribution in [-0.4, -0.2) is 30.1 Å². The molecule has 1 saturated heterocycles. The minimum atomic E-state index is -0.950. The van der Waals surface area contributed by atoms with Gasteiger partial charge in [0.25, 0.3) is 0 Å². The van der Waals surface area contributed by atoms with E-state index in [1.165, 1.54) is 12.1 Å². The highest BCUT2D eigenvalue weighted by atomic mass is 16.4. The number of carboxylic acids is 1. The standard InChI is InChI=1S/C14H16N2O3/c1-9(12-7-15-8-12)13(17)16-6-10-2-4-11(5-3-10)14(18)19/h2-5,15H,6-8H2,1H3,(H,16,17)(H,18,19). The molecule has 100 valence electrons. The Bertz CT molecular complexity index is 526. The molecule has 3 N–H and O–H groups in total. The van der Waals surface area contributed by atoms with Crippen LogP contribution in [0.15, 0.2) is 35.4 Å². The summed E-state index contributed by atoms with van der Waals surface area (Å²) >= 11 is 0. The highest BCUT2D eigenvalue weighted by molar-refractivity contribution is 5.94. The first-order valence-electron chi connectivity index (χ1n) is 6.07. The number of carboxylic acid groups (broad SMARTS) is 1. The normalized spacial score (nSPS) is 13.6. The number of nitrogens with one attached hydrogen (secondary N) is 2. The first kappa shape index (κ1) is 13.3. The van der Waals surface area contributed by atoms with Gasteiger partial charge < -0.3 is 15.7 Å². The Labute approximate surface area is 111 Å². The Kier molecular flexibility index (Phi) is 3.97. The van der Waals surface area contributed by atoms with Gasteiger partial charge in [-0.15, -0.1) is 0 Å². The number of carbonyl (C=O) groups is 2. The zero-order valence-electron chi connectivity index (χ0n) is 10.7. The van der Waals surface area contributed by atoms with Gasteiger partial charge in [0, 0.05) is 25.2 Å². The number of hydrogen-bond donors (Lipinski definition) is 3. The van der Waals surface area contributed by atoms with E-state index in [1.807, 2.05) is 6.92 Å². The van der Waals surface area contributed by atoms with E-state index in [4.69, 9.17) is 5.11 Å². The third-order valence-corrected chi connectivity index (χ3v) is 3.20. The molecule has 0 saturated carbocycles. The number of rotatable bonds is 4. The van der Waals surface area contributed by atoms with Crippen LogP contribution in [0.5, 0.6) is 0 Å². The molecule has 1 aliphatic rings. The molecule has 0 radical (unpaired) electrons. The van der Waals surface area contributed by atoms with E-state index in [1.54, 1.807) is 12.1 Å². The second-order valence-corrected chi connectivity index (χ2v) is 4.52. The molecule has 19 heavy (non-hydrogen) atoms. The largest absolute Gasteiger partial charge is 0.478 e. The van der Waals surface area contributed by atoms with Gasteiger partial charge in [0.15, 0.2) is 0 Å². The van der Waals surface area contributed by atoms with Gasteiger partial charge in [0.05, 0.1) is 5.56 Å². The molecule has 1 heterocycles. The lowest BCUT2D eigenvalue weighted by Gasteiger charge is -2.21. The maximum atomic E-state index is 11.8. The number of amides is 1. The molecule has 1 aromatic carbocycles. The van der Waals surface area contributed by atoms with Crippen LogP contribution in [-0.2, 0) is 11.3 Å². The fourth-order valence-electron chi connectivity index (χ4n) is 1.76. The summed E-state index contributed by atoms with van der Waals surface area (Å²) in [6.07, 6.45) is 0. The Morgan fingerprint density at radius 3 is 2.37 bits per heavy atom. The van der Waals surface area contributed by atoms with Crippen molar-refractivity contribution < 1.29 is 14.7 Å². The zero-order chi connectivity index (χ0) is 13.8. The molecule has 0 atom stereocenters. The number of carbonyl (C=O) groups excluding carboxylic acids is 1. The predicted molar refractivity (Wildman–Crippen MR) is 70.8 cm³/mol. The number of aromatic carboxylic acids is 1. The molecule has 0 unspecified atom stereocenters. The Balaban J connectivity index is 1.91. The third kappa shape index (κ3) is 3.20. The third-order valence-electron chi connectivity index (χ3n) is 3.20. The Morgan fingerprint density at radius 1 is 1.26 bits per heavy atom. The van der Waals surface area contributed by atoms with Crippen LogP contribution in [0.3, 0.4) is 0 Å². The van der Waals surface area contributed by atoms with Gasteiger partial charge in [-0.2, -0.15) is 0 Å². The highest BCUT2D eigenvalue weighted by Gasteiger charge is 2.15. The van der Waals surface area contributed by atoms with E-state index in [9.17, 15) is 9.59 Å². The van der Waals surface area contributed by atoms with E-state index < -0.39 is 5.97 Å².